The largest absolute Gasteiger partial charge is 0.491 e. The maximum atomic E-state index is 13.0. The highest BCUT2D eigenvalue weighted by Gasteiger charge is 2.33. The van der Waals surface area contributed by atoms with E-state index in [0.29, 0.717) is 24.2 Å². The minimum atomic E-state index is -4.58. The lowest BCUT2D eigenvalue weighted by atomic mass is 10.2. The number of carbonyl (C=O) groups excluding carboxylic acids is 1. The molecule has 0 N–H and O–H groups in total. The molecule has 4 nitrogen and oxygen atoms in total. The molecule has 0 atom stereocenters. The fourth-order valence-electron chi connectivity index (χ4n) is 3.01. The van der Waals surface area contributed by atoms with Gasteiger partial charge in [0.2, 0.25) is 0 Å². The molecule has 0 aromatic heterocycles. The Morgan fingerprint density at radius 3 is 2.43 bits per heavy atom. The molecule has 0 bridgehead atoms. The average molecular weight is 414 g/mol. The lowest BCUT2D eigenvalue weighted by molar-refractivity contribution is -0.137. The maximum Gasteiger partial charge on any atom is 0.417 e. The van der Waals surface area contributed by atoms with E-state index in [9.17, 15) is 18.0 Å². The molecule has 0 spiro atoms. The van der Waals surface area contributed by atoms with E-state index in [1.807, 2.05) is 0 Å². The number of hydrogen-bond acceptors (Lipinski definition) is 4. The summed E-state index contributed by atoms with van der Waals surface area (Å²) < 4.78 is 50.2. The third-order valence-corrected chi connectivity index (χ3v) is 4.78. The van der Waals surface area contributed by atoms with Crippen LogP contribution in [0.3, 0.4) is 0 Å². The molecule has 0 radical (unpaired) electrons. The van der Waals surface area contributed by atoms with Gasteiger partial charge < -0.3 is 9.47 Å². The summed E-state index contributed by atoms with van der Waals surface area (Å²) >= 11 is 5.62. The van der Waals surface area contributed by atoms with E-state index in [4.69, 9.17) is 21.1 Å². The zero-order valence-corrected chi connectivity index (χ0v) is 15.7. The van der Waals surface area contributed by atoms with Crippen molar-refractivity contribution in [3.05, 3.63) is 52.5 Å². The summed E-state index contributed by atoms with van der Waals surface area (Å²) in [7, 11) is 0. The molecule has 2 aromatic rings. The van der Waals surface area contributed by atoms with Gasteiger partial charge in [-0.2, -0.15) is 13.2 Å². The second-order valence-electron chi connectivity index (χ2n) is 6.46. The zero-order chi connectivity index (χ0) is 20.1. The van der Waals surface area contributed by atoms with Gasteiger partial charge in [-0.05, 0) is 56.3 Å². The van der Waals surface area contributed by atoms with Crippen LogP contribution in [-0.4, -0.2) is 37.4 Å². The van der Waals surface area contributed by atoms with Gasteiger partial charge in [0.05, 0.1) is 16.1 Å². The lowest BCUT2D eigenvalue weighted by Gasteiger charge is -2.16. The molecule has 8 heteroatoms. The summed E-state index contributed by atoms with van der Waals surface area (Å²) in [6, 6.07) is 7.82. The molecule has 1 heterocycles. The van der Waals surface area contributed by atoms with Crippen LogP contribution in [0, 0.1) is 0 Å². The average Bonchev–Trinajstić information content (AvgIpc) is 3.16. The minimum absolute atomic E-state index is 0.0152. The number of benzene rings is 2. The highest BCUT2D eigenvalue weighted by Crippen LogP contribution is 2.38. The van der Waals surface area contributed by atoms with Crippen LogP contribution in [0.25, 0.3) is 0 Å². The Bertz CT molecular complexity index is 836. The fraction of sp³-hybridized carbons (Fsp3) is 0.350. The van der Waals surface area contributed by atoms with Crippen molar-refractivity contribution in [3.63, 3.8) is 0 Å². The van der Waals surface area contributed by atoms with Crippen LogP contribution in [0.2, 0.25) is 5.02 Å². The Hall–Kier alpha value is -2.25. The van der Waals surface area contributed by atoms with Gasteiger partial charge in [0, 0.05) is 12.6 Å². The zero-order valence-electron chi connectivity index (χ0n) is 15.0. The Morgan fingerprint density at radius 2 is 1.75 bits per heavy atom. The first-order chi connectivity index (χ1) is 13.4. The predicted molar refractivity (Wildman–Crippen MR) is 99.5 cm³/mol. The molecule has 1 aliphatic heterocycles. The van der Waals surface area contributed by atoms with Crippen LogP contribution in [-0.2, 0) is 6.18 Å². The summed E-state index contributed by atoms with van der Waals surface area (Å²) in [6.45, 7) is 3.22. The summed E-state index contributed by atoms with van der Waals surface area (Å²) in [5.41, 5.74) is -0.626. The summed E-state index contributed by atoms with van der Waals surface area (Å²) in [5, 5.41) is -0.401. The smallest absolute Gasteiger partial charge is 0.417 e. The number of alkyl halides is 3. The predicted octanol–water partition coefficient (Wildman–Crippen LogP) is 5.44. The Balaban J connectivity index is 1.72. The first-order valence-electron chi connectivity index (χ1n) is 8.86. The van der Waals surface area contributed by atoms with Crippen LogP contribution in [0.1, 0.15) is 28.8 Å². The number of ether oxygens (including phenoxy) is 2. The Morgan fingerprint density at radius 1 is 1.07 bits per heavy atom. The molecule has 1 aliphatic rings. The van der Waals surface area contributed by atoms with E-state index >= 15 is 0 Å². The normalized spacial score (nSPS) is 14.9. The third kappa shape index (κ3) is 5.17. The number of aldehydes is 1. The molecule has 150 valence electrons. The molecular formula is C20H19ClF3NO3. The summed E-state index contributed by atoms with van der Waals surface area (Å²) in [4.78, 5) is 13.5. The van der Waals surface area contributed by atoms with Gasteiger partial charge in [-0.15, -0.1) is 0 Å². The SMILES string of the molecule is O=Cc1ccc(Oc2ccc(Cl)c(C(F)(F)F)c2)cc1OCCN1CCCC1. The summed E-state index contributed by atoms with van der Waals surface area (Å²) in [6.07, 6.45) is -1.57. The molecule has 0 aliphatic carbocycles. The van der Waals surface area contributed by atoms with Crippen LogP contribution < -0.4 is 9.47 Å². The number of rotatable bonds is 7. The number of nitrogens with zero attached hydrogens (tertiary/aromatic N) is 1. The van der Waals surface area contributed by atoms with Crippen molar-refractivity contribution >= 4 is 17.9 Å². The summed E-state index contributed by atoms with van der Waals surface area (Å²) in [5.74, 6) is 0.576. The monoisotopic (exact) mass is 413 g/mol. The highest BCUT2D eigenvalue weighted by molar-refractivity contribution is 6.31. The van der Waals surface area contributed by atoms with Crippen molar-refractivity contribution in [2.24, 2.45) is 0 Å². The quantitative estimate of drug-likeness (QED) is 0.567. The van der Waals surface area contributed by atoms with Crippen molar-refractivity contribution in [1.82, 2.24) is 4.90 Å². The molecular weight excluding hydrogens is 395 g/mol. The van der Waals surface area contributed by atoms with Crippen molar-refractivity contribution in [3.8, 4) is 17.2 Å². The minimum Gasteiger partial charge on any atom is -0.491 e. The third-order valence-electron chi connectivity index (χ3n) is 4.45. The molecule has 1 fully saturated rings. The molecule has 1 saturated heterocycles. The molecule has 3 rings (SSSR count). The second kappa shape index (κ2) is 8.84. The van der Waals surface area contributed by atoms with Gasteiger partial charge in [0.1, 0.15) is 23.9 Å². The van der Waals surface area contributed by atoms with E-state index < -0.39 is 16.8 Å². The molecule has 0 unspecified atom stereocenters. The van der Waals surface area contributed by atoms with E-state index in [2.05, 4.69) is 4.90 Å². The second-order valence-corrected chi connectivity index (χ2v) is 6.86. The first-order valence-corrected chi connectivity index (χ1v) is 9.23. The topological polar surface area (TPSA) is 38.8 Å². The van der Waals surface area contributed by atoms with E-state index in [0.717, 1.165) is 31.8 Å². The number of hydrogen-bond donors (Lipinski definition) is 0. The molecule has 28 heavy (non-hydrogen) atoms. The standard InChI is InChI=1S/C20H19ClF3NO3/c21-18-6-5-15(11-17(18)20(22,23)24)28-16-4-3-14(13-26)19(12-16)27-10-9-25-7-1-2-8-25/h3-6,11-13H,1-2,7-10H2. The number of likely N-dealkylation sites (tertiary alicyclic amines) is 1. The molecule has 0 amide bonds. The van der Waals surface area contributed by atoms with Gasteiger partial charge in [0.25, 0.3) is 0 Å². The van der Waals surface area contributed by atoms with Crippen molar-refractivity contribution in [1.29, 1.82) is 0 Å². The lowest BCUT2D eigenvalue weighted by Crippen LogP contribution is -2.25. The first kappa shape index (κ1) is 20.5. The molecule has 2 aromatic carbocycles. The van der Waals surface area contributed by atoms with Crippen LogP contribution in [0.4, 0.5) is 13.2 Å². The van der Waals surface area contributed by atoms with Gasteiger partial charge >= 0.3 is 6.18 Å². The van der Waals surface area contributed by atoms with Crippen LogP contribution >= 0.6 is 11.6 Å². The number of carbonyl (C=O) groups is 1. The van der Waals surface area contributed by atoms with E-state index in [1.165, 1.54) is 37.1 Å². The van der Waals surface area contributed by atoms with Gasteiger partial charge in [-0.3, -0.25) is 9.69 Å². The van der Waals surface area contributed by atoms with Crippen LogP contribution in [0.5, 0.6) is 17.2 Å². The van der Waals surface area contributed by atoms with Crippen molar-refractivity contribution in [2.75, 3.05) is 26.2 Å². The maximum absolute atomic E-state index is 13.0. The number of halogens is 4. The van der Waals surface area contributed by atoms with Crippen molar-refractivity contribution in [2.45, 2.75) is 19.0 Å². The Kier molecular flexibility index (Phi) is 6.46. The van der Waals surface area contributed by atoms with E-state index in [1.54, 1.807) is 0 Å². The van der Waals surface area contributed by atoms with Gasteiger partial charge in [0.15, 0.2) is 6.29 Å². The van der Waals surface area contributed by atoms with Gasteiger partial charge in [-0.25, -0.2) is 0 Å². The van der Waals surface area contributed by atoms with Crippen molar-refractivity contribution < 1.29 is 27.4 Å². The van der Waals surface area contributed by atoms with E-state index in [-0.39, 0.29) is 11.5 Å². The van der Waals surface area contributed by atoms with Crippen LogP contribution in [0.15, 0.2) is 36.4 Å². The highest BCUT2D eigenvalue weighted by atomic mass is 35.5. The fourth-order valence-corrected chi connectivity index (χ4v) is 3.24. The van der Waals surface area contributed by atoms with Gasteiger partial charge in [-0.1, -0.05) is 11.6 Å². The molecule has 0 saturated carbocycles. The Labute approximate surface area is 165 Å².